The number of aromatic nitrogens is 2. The van der Waals surface area contributed by atoms with Gasteiger partial charge in [-0.2, -0.15) is 0 Å². The Kier molecular flexibility index (Phi) is 4.39. The number of pyridine rings is 2. The van der Waals surface area contributed by atoms with Crippen molar-refractivity contribution in [1.29, 1.82) is 0 Å². The lowest BCUT2D eigenvalue weighted by Gasteiger charge is -2.09. The van der Waals surface area contributed by atoms with Gasteiger partial charge in [-0.15, -0.1) is 0 Å². The zero-order chi connectivity index (χ0) is 15.4. The van der Waals surface area contributed by atoms with Crippen LogP contribution in [-0.2, 0) is 0 Å². The number of rotatable bonds is 5. The van der Waals surface area contributed by atoms with E-state index in [1.54, 1.807) is 0 Å². The Morgan fingerprint density at radius 3 is 2.50 bits per heavy atom. The molecule has 2 N–H and O–H groups in total. The van der Waals surface area contributed by atoms with E-state index in [4.69, 9.17) is 11.6 Å². The number of benzene rings is 1. The van der Waals surface area contributed by atoms with Gasteiger partial charge in [-0.1, -0.05) is 29.8 Å². The van der Waals surface area contributed by atoms with Gasteiger partial charge in [-0.3, -0.25) is 0 Å². The topological polar surface area (TPSA) is 49.8 Å². The molecule has 4 nitrogen and oxygen atoms in total. The van der Waals surface area contributed by atoms with E-state index in [0.29, 0.717) is 5.02 Å². The average molecular weight is 313 g/mol. The van der Waals surface area contributed by atoms with Gasteiger partial charge in [0.25, 0.3) is 0 Å². The second-order valence-electron chi connectivity index (χ2n) is 5.08. The van der Waals surface area contributed by atoms with E-state index in [0.717, 1.165) is 41.2 Å². The summed E-state index contributed by atoms with van der Waals surface area (Å²) in [5.74, 6) is 1.70. The Labute approximate surface area is 134 Å². The molecule has 0 aliphatic heterocycles. The smallest absolute Gasteiger partial charge is 0.126 e. The molecule has 112 valence electrons. The summed E-state index contributed by atoms with van der Waals surface area (Å²) in [7, 11) is 0. The van der Waals surface area contributed by atoms with Gasteiger partial charge in [-0.05, 0) is 36.8 Å². The normalized spacial score (nSPS) is 10.6. The molecule has 0 radical (unpaired) electrons. The van der Waals surface area contributed by atoms with Crippen LogP contribution < -0.4 is 10.6 Å². The lowest BCUT2D eigenvalue weighted by molar-refractivity contribution is 1.05. The van der Waals surface area contributed by atoms with E-state index >= 15 is 0 Å². The first-order chi connectivity index (χ1) is 10.7. The minimum absolute atomic E-state index is 0.670. The monoisotopic (exact) mass is 312 g/mol. The van der Waals surface area contributed by atoms with Crippen LogP contribution in [0.4, 0.5) is 11.6 Å². The van der Waals surface area contributed by atoms with E-state index in [9.17, 15) is 0 Å². The summed E-state index contributed by atoms with van der Waals surface area (Å²) >= 11 is 6.17. The molecule has 0 unspecified atom stereocenters. The molecule has 3 rings (SSSR count). The summed E-state index contributed by atoms with van der Waals surface area (Å²) in [5, 5.41) is 8.26. The first-order valence-electron chi connectivity index (χ1n) is 7.18. The maximum Gasteiger partial charge on any atom is 0.126 e. The molecular weight excluding hydrogens is 296 g/mol. The van der Waals surface area contributed by atoms with Crippen LogP contribution in [0.5, 0.6) is 0 Å². The Bertz CT molecular complexity index is 771. The van der Waals surface area contributed by atoms with Gasteiger partial charge < -0.3 is 10.6 Å². The quantitative estimate of drug-likeness (QED) is 0.696. The standard InChI is InChI=1S/C17H17ClN4/c1-12-5-7-15(21-11-12)19-9-10-20-16-8-6-13-3-2-4-14(18)17(13)22-16/h2-8,11H,9-10H2,1H3,(H,19,21)(H,20,22). The predicted molar refractivity (Wildman–Crippen MR) is 92.7 cm³/mol. The van der Waals surface area contributed by atoms with Crippen LogP contribution >= 0.6 is 11.6 Å². The molecule has 0 spiro atoms. The largest absolute Gasteiger partial charge is 0.368 e. The fourth-order valence-electron chi connectivity index (χ4n) is 2.16. The van der Waals surface area contributed by atoms with Crippen molar-refractivity contribution in [2.75, 3.05) is 23.7 Å². The molecule has 0 aliphatic rings. The predicted octanol–water partition coefficient (Wildman–Crippen LogP) is 4.12. The van der Waals surface area contributed by atoms with Crippen molar-refractivity contribution < 1.29 is 0 Å². The van der Waals surface area contributed by atoms with Crippen molar-refractivity contribution >= 4 is 34.1 Å². The summed E-state index contributed by atoms with van der Waals surface area (Å²) in [4.78, 5) is 8.85. The molecule has 5 heteroatoms. The van der Waals surface area contributed by atoms with Crippen molar-refractivity contribution in [2.45, 2.75) is 6.92 Å². The fourth-order valence-corrected chi connectivity index (χ4v) is 2.39. The zero-order valence-electron chi connectivity index (χ0n) is 12.3. The number of fused-ring (bicyclic) bond motifs is 1. The minimum Gasteiger partial charge on any atom is -0.368 e. The Morgan fingerprint density at radius 1 is 0.955 bits per heavy atom. The maximum atomic E-state index is 6.17. The molecule has 22 heavy (non-hydrogen) atoms. The van der Waals surface area contributed by atoms with Crippen molar-refractivity contribution in [3.8, 4) is 0 Å². The highest BCUT2D eigenvalue weighted by molar-refractivity contribution is 6.35. The highest BCUT2D eigenvalue weighted by atomic mass is 35.5. The summed E-state index contributed by atoms with van der Waals surface area (Å²) in [6.07, 6.45) is 1.85. The Hall–Kier alpha value is -2.33. The summed E-state index contributed by atoms with van der Waals surface area (Å²) in [6, 6.07) is 13.8. The molecule has 2 aromatic heterocycles. The molecule has 0 fully saturated rings. The summed E-state index contributed by atoms with van der Waals surface area (Å²) in [5.41, 5.74) is 1.98. The number of hydrogen-bond donors (Lipinski definition) is 2. The van der Waals surface area contributed by atoms with Crippen LogP contribution in [0.2, 0.25) is 5.02 Å². The van der Waals surface area contributed by atoms with Gasteiger partial charge in [0.15, 0.2) is 0 Å². The number of nitrogens with zero attached hydrogens (tertiary/aromatic N) is 2. The van der Waals surface area contributed by atoms with Crippen LogP contribution in [0, 0.1) is 6.92 Å². The van der Waals surface area contributed by atoms with Crippen LogP contribution in [0.25, 0.3) is 10.9 Å². The third-order valence-corrected chi connectivity index (χ3v) is 3.62. The Morgan fingerprint density at radius 2 is 1.73 bits per heavy atom. The molecule has 0 saturated heterocycles. The van der Waals surface area contributed by atoms with E-state index in [-0.39, 0.29) is 0 Å². The van der Waals surface area contributed by atoms with Crippen molar-refractivity contribution in [3.63, 3.8) is 0 Å². The van der Waals surface area contributed by atoms with Crippen LogP contribution in [-0.4, -0.2) is 23.1 Å². The Balaban J connectivity index is 1.57. The fraction of sp³-hybridized carbons (Fsp3) is 0.176. The third-order valence-electron chi connectivity index (χ3n) is 3.32. The van der Waals surface area contributed by atoms with Crippen LogP contribution in [0.3, 0.4) is 0 Å². The van der Waals surface area contributed by atoms with Crippen molar-refractivity contribution in [1.82, 2.24) is 9.97 Å². The molecular formula is C17H17ClN4. The zero-order valence-corrected chi connectivity index (χ0v) is 13.1. The van der Waals surface area contributed by atoms with Gasteiger partial charge in [0.05, 0.1) is 10.5 Å². The van der Waals surface area contributed by atoms with E-state index in [1.165, 1.54) is 0 Å². The number of anilines is 2. The van der Waals surface area contributed by atoms with E-state index in [2.05, 4.69) is 20.6 Å². The van der Waals surface area contributed by atoms with Crippen LogP contribution in [0.1, 0.15) is 5.56 Å². The SMILES string of the molecule is Cc1ccc(NCCNc2ccc3cccc(Cl)c3n2)nc1. The van der Waals surface area contributed by atoms with Crippen LogP contribution in [0.15, 0.2) is 48.7 Å². The maximum absolute atomic E-state index is 6.17. The summed E-state index contributed by atoms with van der Waals surface area (Å²) in [6.45, 7) is 3.53. The first-order valence-corrected chi connectivity index (χ1v) is 7.56. The second-order valence-corrected chi connectivity index (χ2v) is 5.49. The number of nitrogens with one attached hydrogen (secondary N) is 2. The average Bonchev–Trinajstić information content (AvgIpc) is 2.54. The lowest BCUT2D eigenvalue weighted by atomic mass is 10.2. The van der Waals surface area contributed by atoms with E-state index < -0.39 is 0 Å². The second kappa shape index (κ2) is 6.62. The highest BCUT2D eigenvalue weighted by Gasteiger charge is 2.01. The van der Waals surface area contributed by atoms with Gasteiger partial charge in [0, 0.05) is 24.7 Å². The lowest BCUT2D eigenvalue weighted by Crippen LogP contribution is -2.14. The van der Waals surface area contributed by atoms with Crippen molar-refractivity contribution in [2.24, 2.45) is 0 Å². The van der Waals surface area contributed by atoms with E-state index in [1.807, 2.05) is 55.6 Å². The molecule has 3 aromatic rings. The first kappa shape index (κ1) is 14.6. The third kappa shape index (κ3) is 3.46. The molecule has 0 saturated carbocycles. The number of para-hydroxylation sites is 1. The molecule has 0 amide bonds. The van der Waals surface area contributed by atoms with Crippen molar-refractivity contribution in [3.05, 3.63) is 59.2 Å². The molecule has 2 heterocycles. The van der Waals surface area contributed by atoms with Gasteiger partial charge in [0.1, 0.15) is 11.6 Å². The van der Waals surface area contributed by atoms with Gasteiger partial charge in [-0.25, -0.2) is 9.97 Å². The number of hydrogen-bond acceptors (Lipinski definition) is 4. The highest BCUT2D eigenvalue weighted by Crippen LogP contribution is 2.22. The number of halogens is 1. The van der Waals surface area contributed by atoms with Gasteiger partial charge >= 0.3 is 0 Å². The molecule has 1 aromatic carbocycles. The molecule has 0 aliphatic carbocycles. The van der Waals surface area contributed by atoms with Gasteiger partial charge in [0.2, 0.25) is 0 Å². The molecule has 0 bridgehead atoms. The molecule has 0 atom stereocenters. The number of aryl methyl sites for hydroxylation is 1. The summed E-state index contributed by atoms with van der Waals surface area (Å²) < 4.78 is 0. The minimum atomic E-state index is 0.670.